The van der Waals surface area contributed by atoms with Gasteiger partial charge in [0.25, 0.3) is 0 Å². The Hall–Kier alpha value is -6.20. The van der Waals surface area contributed by atoms with Crippen LogP contribution in [0.1, 0.15) is 0 Å². The van der Waals surface area contributed by atoms with Gasteiger partial charge in [0.1, 0.15) is 0 Å². The monoisotopic (exact) mass is 696 g/mol. The van der Waals surface area contributed by atoms with Gasteiger partial charge in [-0.15, -0.1) is 22.7 Å². The molecule has 0 N–H and O–H groups in total. The van der Waals surface area contributed by atoms with Gasteiger partial charge in [0.05, 0.1) is 15.9 Å². The van der Waals surface area contributed by atoms with E-state index in [1.54, 1.807) is 11.3 Å². The van der Waals surface area contributed by atoms with Gasteiger partial charge in [0.2, 0.25) is 0 Å². The van der Waals surface area contributed by atoms with Crippen molar-refractivity contribution in [2.24, 2.45) is 0 Å². The molecule has 0 amide bonds. The van der Waals surface area contributed by atoms with Crippen LogP contribution in [-0.4, -0.2) is 9.97 Å². The Morgan fingerprint density at radius 1 is 0.365 bits per heavy atom. The van der Waals surface area contributed by atoms with E-state index in [0.29, 0.717) is 0 Å². The molecule has 0 aliphatic heterocycles. The molecule has 0 aliphatic rings. The van der Waals surface area contributed by atoms with E-state index in [1.807, 2.05) is 11.3 Å². The number of hydrogen-bond acceptors (Lipinski definition) is 4. The average Bonchev–Trinajstić information content (AvgIpc) is 3.80. The van der Waals surface area contributed by atoms with Crippen LogP contribution in [0.25, 0.3) is 107 Å². The van der Waals surface area contributed by atoms with Gasteiger partial charge in [0, 0.05) is 46.8 Å². The van der Waals surface area contributed by atoms with Gasteiger partial charge in [-0.3, -0.25) is 0 Å². The number of aromatic nitrogens is 2. The summed E-state index contributed by atoms with van der Waals surface area (Å²) in [7, 11) is 0. The smallest absolute Gasteiger partial charge is 0.161 e. The van der Waals surface area contributed by atoms with Crippen LogP contribution in [-0.2, 0) is 0 Å². The standard InChI is InChI=1S/C48H28N2S2/c1-2-12-31(13-3-1)35-17-10-18-36-39(35)28-40(43-37-15-6-8-19-41(37)51-46(36)43)48-49-44(47-45(50-48)38-16-7-9-20-42(38)52-47)32-24-21-30(22-25-32)34-26-23-29-11-4-5-14-33(29)27-34/h1-28H. The highest BCUT2D eigenvalue weighted by Crippen LogP contribution is 2.47. The number of rotatable bonds is 4. The van der Waals surface area contributed by atoms with Crippen molar-refractivity contribution in [3.8, 4) is 44.9 Å². The molecular weight excluding hydrogens is 669 g/mol. The van der Waals surface area contributed by atoms with Crippen molar-refractivity contribution in [2.45, 2.75) is 0 Å². The topological polar surface area (TPSA) is 25.8 Å². The van der Waals surface area contributed by atoms with Crippen molar-refractivity contribution in [1.82, 2.24) is 9.97 Å². The van der Waals surface area contributed by atoms with Crippen LogP contribution in [0.15, 0.2) is 170 Å². The fourth-order valence-corrected chi connectivity index (χ4v) is 10.2. The molecule has 2 nitrogen and oxygen atoms in total. The third-order valence-electron chi connectivity index (χ3n) is 10.3. The molecule has 0 fully saturated rings. The molecule has 0 atom stereocenters. The second kappa shape index (κ2) is 11.7. The van der Waals surface area contributed by atoms with Crippen LogP contribution in [0.4, 0.5) is 0 Å². The van der Waals surface area contributed by atoms with E-state index in [-0.39, 0.29) is 0 Å². The summed E-state index contributed by atoms with van der Waals surface area (Å²) in [5, 5.41) is 8.59. The van der Waals surface area contributed by atoms with Crippen molar-refractivity contribution in [3.63, 3.8) is 0 Å². The molecule has 3 heterocycles. The van der Waals surface area contributed by atoms with Gasteiger partial charge >= 0.3 is 0 Å². The SMILES string of the molecule is c1ccc(-c2cccc3c2cc(-c2nc(-c4ccc(-c5ccc6ccccc6c5)cc4)c4sc5ccccc5c4n2)c2c4ccccc4sc32)cc1. The first-order valence-corrected chi connectivity index (χ1v) is 19.1. The number of benzene rings is 8. The predicted octanol–water partition coefficient (Wildman–Crippen LogP) is 14.2. The first-order chi connectivity index (χ1) is 25.8. The van der Waals surface area contributed by atoms with Gasteiger partial charge in [-0.1, -0.05) is 146 Å². The maximum atomic E-state index is 5.53. The third kappa shape index (κ3) is 4.62. The zero-order valence-corrected chi connectivity index (χ0v) is 29.5. The lowest BCUT2D eigenvalue weighted by atomic mass is 9.94. The maximum Gasteiger partial charge on any atom is 0.161 e. The summed E-state index contributed by atoms with van der Waals surface area (Å²) in [5.74, 6) is 0.753. The lowest BCUT2D eigenvalue weighted by molar-refractivity contribution is 1.25. The van der Waals surface area contributed by atoms with Crippen LogP contribution in [0.3, 0.4) is 0 Å². The summed E-state index contributed by atoms with van der Waals surface area (Å²) in [5.41, 5.74) is 8.93. The maximum absolute atomic E-state index is 5.53. The third-order valence-corrected chi connectivity index (χ3v) is 12.7. The Balaban J connectivity index is 1.18. The van der Waals surface area contributed by atoms with Crippen molar-refractivity contribution >= 4 is 84.7 Å². The molecule has 0 aliphatic carbocycles. The summed E-state index contributed by atoms with van der Waals surface area (Å²) < 4.78 is 4.86. The summed E-state index contributed by atoms with van der Waals surface area (Å²) >= 11 is 3.64. The fourth-order valence-electron chi connectivity index (χ4n) is 7.78. The van der Waals surface area contributed by atoms with Crippen molar-refractivity contribution in [3.05, 3.63) is 170 Å². The lowest BCUT2D eigenvalue weighted by Gasteiger charge is -2.13. The van der Waals surface area contributed by atoms with Crippen molar-refractivity contribution in [2.75, 3.05) is 0 Å². The second-order valence-electron chi connectivity index (χ2n) is 13.3. The molecular formula is C48H28N2S2. The van der Waals surface area contributed by atoms with Gasteiger partial charge in [0.15, 0.2) is 5.82 Å². The fraction of sp³-hybridized carbons (Fsp3) is 0. The quantitative estimate of drug-likeness (QED) is 0.183. The van der Waals surface area contributed by atoms with Gasteiger partial charge in [-0.2, -0.15) is 0 Å². The minimum atomic E-state index is 0.753. The normalized spacial score (nSPS) is 11.8. The number of nitrogens with zero attached hydrogens (tertiary/aromatic N) is 2. The van der Waals surface area contributed by atoms with Crippen molar-refractivity contribution < 1.29 is 0 Å². The molecule has 0 radical (unpaired) electrons. The minimum Gasteiger partial charge on any atom is -0.226 e. The molecule has 3 aromatic heterocycles. The molecule has 0 spiro atoms. The first-order valence-electron chi connectivity index (χ1n) is 17.5. The molecule has 0 saturated carbocycles. The van der Waals surface area contributed by atoms with Crippen LogP contribution in [0, 0.1) is 0 Å². The second-order valence-corrected chi connectivity index (χ2v) is 15.4. The predicted molar refractivity (Wildman–Crippen MR) is 225 cm³/mol. The highest BCUT2D eigenvalue weighted by molar-refractivity contribution is 7.27. The molecule has 8 aromatic carbocycles. The summed E-state index contributed by atoms with van der Waals surface area (Å²) in [6, 6.07) is 61.2. The summed E-state index contributed by atoms with van der Waals surface area (Å²) in [4.78, 5) is 11.0. The van der Waals surface area contributed by atoms with Gasteiger partial charge < -0.3 is 0 Å². The van der Waals surface area contributed by atoms with Crippen LogP contribution in [0.2, 0.25) is 0 Å². The zero-order chi connectivity index (χ0) is 34.2. The Bertz CT molecular complexity index is 3170. The van der Waals surface area contributed by atoms with Gasteiger partial charge in [-0.25, -0.2) is 9.97 Å². The lowest BCUT2D eigenvalue weighted by Crippen LogP contribution is -1.95. The highest BCUT2D eigenvalue weighted by Gasteiger charge is 2.22. The van der Waals surface area contributed by atoms with Crippen molar-refractivity contribution in [1.29, 1.82) is 0 Å². The van der Waals surface area contributed by atoms with E-state index in [4.69, 9.17) is 9.97 Å². The largest absolute Gasteiger partial charge is 0.226 e. The summed E-state index contributed by atoms with van der Waals surface area (Å²) in [6.07, 6.45) is 0. The van der Waals surface area contributed by atoms with Gasteiger partial charge in [-0.05, 0) is 62.7 Å². The van der Waals surface area contributed by atoms with E-state index >= 15 is 0 Å². The Morgan fingerprint density at radius 3 is 1.87 bits per heavy atom. The Kier molecular flexibility index (Phi) is 6.63. The van der Waals surface area contributed by atoms with E-state index in [1.165, 1.54) is 68.7 Å². The molecule has 242 valence electrons. The van der Waals surface area contributed by atoms with E-state index in [0.717, 1.165) is 38.2 Å². The molecule has 4 heteroatoms. The van der Waals surface area contributed by atoms with Crippen LogP contribution >= 0.6 is 22.7 Å². The minimum absolute atomic E-state index is 0.753. The van der Waals surface area contributed by atoms with E-state index in [9.17, 15) is 0 Å². The number of thiophene rings is 2. The Morgan fingerprint density at radius 2 is 1.02 bits per heavy atom. The van der Waals surface area contributed by atoms with E-state index < -0.39 is 0 Å². The van der Waals surface area contributed by atoms with Crippen LogP contribution < -0.4 is 0 Å². The number of fused-ring (bicyclic) bond motifs is 9. The molecule has 11 rings (SSSR count). The average molecular weight is 697 g/mol. The molecule has 0 saturated heterocycles. The number of hydrogen-bond donors (Lipinski definition) is 0. The van der Waals surface area contributed by atoms with Crippen LogP contribution in [0.5, 0.6) is 0 Å². The Labute approximate surface area is 307 Å². The molecule has 11 aromatic rings. The molecule has 0 bridgehead atoms. The molecule has 0 unspecified atom stereocenters. The van der Waals surface area contributed by atoms with E-state index in [2.05, 4.69) is 170 Å². The molecule has 52 heavy (non-hydrogen) atoms. The first kappa shape index (κ1) is 29.5. The summed E-state index contributed by atoms with van der Waals surface area (Å²) in [6.45, 7) is 0. The zero-order valence-electron chi connectivity index (χ0n) is 27.9. The highest BCUT2D eigenvalue weighted by atomic mass is 32.1.